The molecule has 0 radical (unpaired) electrons. The fourth-order valence-electron chi connectivity index (χ4n) is 1.99. The van der Waals surface area contributed by atoms with Crippen LogP contribution in [0.1, 0.15) is 27.0 Å². The third kappa shape index (κ3) is 3.49. The van der Waals surface area contributed by atoms with Gasteiger partial charge in [0.1, 0.15) is 17.2 Å². The average molecular weight is 318 g/mol. The van der Waals surface area contributed by atoms with Crippen molar-refractivity contribution in [2.45, 2.75) is 6.92 Å². The second kappa shape index (κ2) is 7.13. The number of methoxy groups -OCH3 is 3. The summed E-state index contributed by atoms with van der Waals surface area (Å²) in [5.41, 5.74) is 0.823. The van der Waals surface area contributed by atoms with Crippen LogP contribution in [0.25, 0.3) is 12.2 Å². The molecule has 2 aromatic rings. The van der Waals surface area contributed by atoms with Crippen molar-refractivity contribution in [2.24, 2.45) is 0 Å². The van der Waals surface area contributed by atoms with Crippen molar-refractivity contribution in [1.82, 2.24) is 0 Å². The lowest BCUT2D eigenvalue weighted by Crippen LogP contribution is -1.94. The SMILES string of the molecule is COc1cc(OC)c(/C=C/c2ccc(C(C)=O)s2)c(OC)c1. The molecule has 0 unspecified atom stereocenters. The average Bonchev–Trinajstić information content (AvgIpc) is 3.01. The largest absolute Gasteiger partial charge is 0.496 e. The van der Waals surface area contributed by atoms with Crippen molar-refractivity contribution in [3.63, 3.8) is 0 Å². The number of carbonyl (C=O) groups excluding carboxylic acids is 1. The Morgan fingerprint density at radius 3 is 2.09 bits per heavy atom. The second-order valence-corrected chi connectivity index (χ2v) is 5.65. The standard InChI is InChI=1S/C17H18O4S/c1-11(18)17-8-6-13(22-17)5-7-14-15(20-3)9-12(19-2)10-16(14)21-4/h5-10H,1-4H3/b7-5+. The van der Waals surface area contributed by atoms with Gasteiger partial charge in [-0.1, -0.05) is 0 Å². The number of thiophene rings is 1. The van der Waals surface area contributed by atoms with Crippen molar-refractivity contribution in [1.29, 1.82) is 0 Å². The lowest BCUT2D eigenvalue weighted by molar-refractivity contribution is 0.102. The first kappa shape index (κ1) is 16.1. The van der Waals surface area contributed by atoms with Crippen LogP contribution in [0.4, 0.5) is 0 Å². The highest BCUT2D eigenvalue weighted by Crippen LogP contribution is 2.35. The van der Waals surface area contributed by atoms with E-state index in [1.54, 1.807) is 40.4 Å². The molecule has 0 aliphatic heterocycles. The first-order chi connectivity index (χ1) is 10.6. The minimum Gasteiger partial charge on any atom is -0.496 e. The van der Waals surface area contributed by atoms with E-state index in [9.17, 15) is 4.79 Å². The normalized spacial score (nSPS) is 10.7. The van der Waals surface area contributed by atoms with Crippen LogP contribution in [0.5, 0.6) is 17.2 Å². The molecule has 0 aliphatic rings. The van der Waals surface area contributed by atoms with E-state index >= 15 is 0 Å². The van der Waals surface area contributed by atoms with Crippen LogP contribution in [0.15, 0.2) is 24.3 Å². The lowest BCUT2D eigenvalue weighted by atomic mass is 10.1. The Morgan fingerprint density at radius 2 is 1.64 bits per heavy atom. The molecular weight excluding hydrogens is 300 g/mol. The summed E-state index contributed by atoms with van der Waals surface area (Å²) in [5.74, 6) is 2.07. The quantitative estimate of drug-likeness (QED) is 0.751. The summed E-state index contributed by atoms with van der Waals surface area (Å²) in [4.78, 5) is 13.1. The first-order valence-electron chi connectivity index (χ1n) is 6.68. The van der Waals surface area contributed by atoms with E-state index in [1.165, 1.54) is 11.3 Å². The zero-order chi connectivity index (χ0) is 16.1. The molecule has 0 spiro atoms. The predicted octanol–water partition coefficient (Wildman–Crippen LogP) is 4.15. The molecule has 116 valence electrons. The van der Waals surface area contributed by atoms with Gasteiger partial charge in [-0.15, -0.1) is 11.3 Å². The van der Waals surface area contributed by atoms with Gasteiger partial charge in [-0.25, -0.2) is 0 Å². The van der Waals surface area contributed by atoms with Gasteiger partial charge in [0.25, 0.3) is 0 Å². The molecule has 2 rings (SSSR count). The minimum atomic E-state index is 0.0734. The van der Waals surface area contributed by atoms with Crippen LogP contribution in [0.3, 0.4) is 0 Å². The van der Waals surface area contributed by atoms with Crippen LogP contribution in [-0.4, -0.2) is 27.1 Å². The van der Waals surface area contributed by atoms with Gasteiger partial charge in [0.15, 0.2) is 5.78 Å². The van der Waals surface area contributed by atoms with Gasteiger partial charge in [0.05, 0.1) is 31.8 Å². The van der Waals surface area contributed by atoms with E-state index in [0.29, 0.717) is 17.2 Å². The van der Waals surface area contributed by atoms with E-state index in [1.807, 2.05) is 24.3 Å². The molecule has 0 saturated heterocycles. The predicted molar refractivity (Wildman–Crippen MR) is 89.3 cm³/mol. The summed E-state index contributed by atoms with van der Waals surface area (Å²) in [6.45, 7) is 1.56. The maximum atomic E-state index is 11.3. The lowest BCUT2D eigenvalue weighted by Gasteiger charge is -2.12. The fourth-order valence-corrected chi connectivity index (χ4v) is 2.80. The number of hydrogen-bond acceptors (Lipinski definition) is 5. The van der Waals surface area contributed by atoms with Crippen LogP contribution in [0, 0.1) is 0 Å². The van der Waals surface area contributed by atoms with E-state index in [0.717, 1.165) is 15.3 Å². The maximum Gasteiger partial charge on any atom is 0.169 e. The number of hydrogen-bond donors (Lipinski definition) is 0. The second-order valence-electron chi connectivity index (χ2n) is 4.54. The Balaban J connectivity index is 2.38. The van der Waals surface area contributed by atoms with Crippen LogP contribution in [0.2, 0.25) is 0 Å². The van der Waals surface area contributed by atoms with Gasteiger partial charge in [-0.05, 0) is 31.2 Å². The molecule has 0 aliphatic carbocycles. The van der Waals surface area contributed by atoms with Crippen LogP contribution in [-0.2, 0) is 0 Å². The monoisotopic (exact) mass is 318 g/mol. The topological polar surface area (TPSA) is 44.8 Å². The van der Waals surface area contributed by atoms with Crippen molar-refractivity contribution in [3.8, 4) is 17.2 Å². The molecule has 0 saturated carbocycles. The Bertz CT molecular complexity index is 675. The third-order valence-corrected chi connectivity index (χ3v) is 4.29. The van der Waals surface area contributed by atoms with E-state index in [2.05, 4.69) is 0 Å². The van der Waals surface area contributed by atoms with Gasteiger partial charge in [-0.3, -0.25) is 4.79 Å². The molecule has 1 heterocycles. The summed E-state index contributed by atoms with van der Waals surface area (Å²) in [5, 5.41) is 0. The molecule has 0 bridgehead atoms. The van der Waals surface area contributed by atoms with Crippen LogP contribution >= 0.6 is 11.3 Å². The van der Waals surface area contributed by atoms with Crippen molar-refractivity contribution in [2.75, 3.05) is 21.3 Å². The van der Waals surface area contributed by atoms with E-state index in [-0.39, 0.29) is 5.78 Å². The Labute approximate surface area is 133 Å². The number of rotatable bonds is 6. The molecule has 0 amide bonds. The summed E-state index contributed by atoms with van der Waals surface area (Å²) < 4.78 is 16.0. The molecule has 22 heavy (non-hydrogen) atoms. The number of ketones is 1. The van der Waals surface area contributed by atoms with Gasteiger partial charge < -0.3 is 14.2 Å². The Morgan fingerprint density at radius 1 is 1.00 bits per heavy atom. The molecule has 0 fully saturated rings. The summed E-state index contributed by atoms with van der Waals surface area (Å²) in [7, 11) is 4.80. The van der Waals surface area contributed by atoms with E-state index < -0.39 is 0 Å². The zero-order valence-electron chi connectivity index (χ0n) is 13.0. The fraction of sp³-hybridized carbons (Fsp3) is 0.235. The Hall–Kier alpha value is -2.27. The summed E-state index contributed by atoms with van der Waals surface area (Å²) >= 11 is 1.45. The van der Waals surface area contributed by atoms with Crippen molar-refractivity contribution in [3.05, 3.63) is 39.6 Å². The molecule has 1 aromatic heterocycles. The van der Waals surface area contributed by atoms with Gasteiger partial charge in [0, 0.05) is 17.0 Å². The van der Waals surface area contributed by atoms with Crippen molar-refractivity contribution < 1.29 is 19.0 Å². The molecule has 5 heteroatoms. The van der Waals surface area contributed by atoms with Gasteiger partial charge >= 0.3 is 0 Å². The summed E-state index contributed by atoms with van der Waals surface area (Å²) in [6.07, 6.45) is 3.84. The van der Waals surface area contributed by atoms with Gasteiger partial charge in [-0.2, -0.15) is 0 Å². The molecule has 4 nitrogen and oxygen atoms in total. The van der Waals surface area contributed by atoms with Crippen LogP contribution < -0.4 is 14.2 Å². The smallest absolute Gasteiger partial charge is 0.169 e. The minimum absolute atomic E-state index is 0.0734. The molecule has 0 atom stereocenters. The highest BCUT2D eigenvalue weighted by molar-refractivity contribution is 7.14. The number of benzene rings is 1. The van der Waals surface area contributed by atoms with Gasteiger partial charge in [0.2, 0.25) is 0 Å². The third-order valence-electron chi connectivity index (χ3n) is 3.14. The Kier molecular flexibility index (Phi) is 5.22. The summed E-state index contributed by atoms with van der Waals surface area (Å²) in [6, 6.07) is 7.35. The highest BCUT2D eigenvalue weighted by atomic mass is 32.1. The zero-order valence-corrected chi connectivity index (χ0v) is 13.8. The molecule has 1 aromatic carbocycles. The van der Waals surface area contributed by atoms with Crippen molar-refractivity contribution >= 4 is 29.3 Å². The molecule has 0 N–H and O–H groups in total. The van der Waals surface area contributed by atoms with E-state index in [4.69, 9.17) is 14.2 Å². The number of ether oxygens (including phenoxy) is 3. The number of carbonyl (C=O) groups is 1. The first-order valence-corrected chi connectivity index (χ1v) is 7.49. The highest BCUT2D eigenvalue weighted by Gasteiger charge is 2.11. The number of Topliss-reactive ketones (excluding diaryl/α,β-unsaturated/α-hetero) is 1. The maximum absolute atomic E-state index is 11.3. The molecular formula is C17H18O4S.